The van der Waals surface area contributed by atoms with Gasteiger partial charge in [-0.15, -0.1) is 0 Å². The highest BCUT2D eigenvalue weighted by Gasteiger charge is 2.34. The van der Waals surface area contributed by atoms with Crippen molar-refractivity contribution in [2.75, 3.05) is 0 Å². The van der Waals surface area contributed by atoms with Crippen molar-refractivity contribution in [3.63, 3.8) is 0 Å². The molecule has 0 aliphatic heterocycles. The maximum atomic E-state index is 11.6. The Labute approximate surface area is 121 Å². The van der Waals surface area contributed by atoms with E-state index < -0.39 is 9.96 Å². The molecule has 4 nitrogen and oxygen atoms in total. The third kappa shape index (κ3) is 5.06. The molecule has 0 aromatic carbocycles. The second-order valence-electron chi connectivity index (χ2n) is 4.10. The van der Waals surface area contributed by atoms with Crippen molar-refractivity contribution in [3.05, 3.63) is 24.2 Å². The molecule has 0 aliphatic carbocycles. The van der Waals surface area contributed by atoms with Crippen LogP contribution in [0.3, 0.4) is 0 Å². The lowest BCUT2D eigenvalue weighted by Crippen LogP contribution is -2.53. The van der Waals surface area contributed by atoms with Crippen LogP contribution in [0.2, 0.25) is 0 Å². The quantitative estimate of drug-likeness (QED) is 0.649. The van der Waals surface area contributed by atoms with Gasteiger partial charge >= 0.3 is 0 Å². The molecular weight excluding hydrogens is 298 g/mol. The number of rotatable bonds is 5. The van der Waals surface area contributed by atoms with Crippen LogP contribution in [-0.2, 0) is 11.3 Å². The number of halogens is 3. The molecule has 1 aromatic heterocycles. The molecule has 7 heteroatoms. The fourth-order valence-corrected chi connectivity index (χ4v) is 1.57. The average Bonchev–Trinajstić information content (AvgIpc) is 2.74. The summed E-state index contributed by atoms with van der Waals surface area (Å²) in [5.41, 5.74) is 0. The third-order valence-corrected chi connectivity index (χ3v) is 2.85. The highest BCUT2D eigenvalue weighted by Crippen LogP contribution is 2.29. The molecule has 1 amide bonds. The van der Waals surface area contributed by atoms with Crippen LogP contribution >= 0.6 is 34.8 Å². The average molecular weight is 314 g/mol. The van der Waals surface area contributed by atoms with Crippen LogP contribution in [-0.4, -0.2) is 15.9 Å². The summed E-state index contributed by atoms with van der Waals surface area (Å²) in [6.07, 6.45) is 0.760. The number of furan rings is 1. The van der Waals surface area contributed by atoms with Crippen LogP contribution in [0.15, 0.2) is 22.8 Å². The second-order valence-corrected chi connectivity index (χ2v) is 6.47. The van der Waals surface area contributed by atoms with Gasteiger partial charge in [0.15, 0.2) is 0 Å². The van der Waals surface area contributed by atoms with Crippen molar-refractivity contribution < 1.29 is 9.21 Å². The van der Waals surface area contributed by atoms with Crippen molar-refractivity contribution in [2.24, 2.45) is 5.92 Å². The maximum Gasteiger partial charge on any atom is 0.223 e. The molecule has 0 radical (unpaired) electrons. The van der Waals surface area contributed by atoms with Gasteiger partial charge in [-0.25, -0.2) is 0 Å². The fraction of sp³-hybridized carbons (Fsp3) is 0.545. The van der Waals surface area contributed by atoms with E-state index in [2.05, 4.69) is 10.6 Å². The molecule has 0 aliphatic rings. The van der Waals surface area contributed by atoms with Gasteiger partial charge in [-0.3, -0.25) is 10.1 Å². The van der Waals surface area contributed by atoms with E-state index in [0.29, 0.717) is 12.3 Å². The van der Waals surface area contributed by atoms with Crippen LogP contribution < -0.4 is 10.6 Å². The van der Waals surface area contributed by atoms with Gasteiger partial charge in [-0.2, -0.15) is 0 Å². The molecule has 1 rings (SSSR count). The number of carbonyl (C=O) groups is 1. The third-order valence-electron chi connectivity index (χ3n) is 2.20. The van der Waals surface area contributed by atoms with E-state index in [-0.39, 0.29) is 11.8 Å². The second kappa shape index (κ2) is 6.66. The van der Waals surface area contributed by atoms with Crippen molar-refractivity contribution in [2.45, 2.75) is 30.4 Å². The van der Waals surface area contributed by atoms with Gasteiger partial charge < -0.3 is 9.73 Å². The van der Waals surface area contributed by atoms with Crippen LogP contribution in [0.25, 0.3) is 0 Å². The number of hydrogen-bond acceptors (Lipinski definition) is 3. The van der Waals surface area contributed by atoms with Gasteiger partial charge in [0, 0.05) is 5.92 Å². The predicted molar refractivity (Wildman–Crippen MR) is 72.6 cm³/mol. The van der Waals surface area contributed by atoms with E-state index in [0.717, 1.165) is 0 Å². The Balaban J connectivity index is 2.59. The first-order valence-electron chi connectivity index (χ1n) is 5.43. The summed E-state index contributed by atoms with van der Waals surface area (Å²) in [4.78, 5) is 11.6. The molecule has 2 N–H and O–H groups in total. The molecule has 102 valence electrons. The summed E-state index contributed by atoms with van der Waals surface area (Å²) in [5, 5.41) is 5.56. The van der Waals surface area contributed by atoms with E-state index in [9.17, 15) is 4.79 Å². The SMILES string of the molecule is CC(C)C(=O)N[C@@H](NCc1ccco1)C(Cl)(Cl)Cl. The number of hydrogen-bond donors (Lipinski definition) is 2. The number of amides is 1. The van der Waals surface area contributed by atoms with Crippen molar-refractivity contribution in [3.8, 4) is 0 Å². The van der Waals surface area contributed by atoms with E-state index in [1.54, 1.807) is 32.2 Å². The summed E-state index contributed by atoms with van der Waals surface area (Å²) in [7, 11) is 0. The summed E-state index contributed by atoms with van der Waals surface area (Å²) < 4.78 is 3.50. The Hall–Kier alpha value is -0.420. The molecule has 0 saturated carbocycles. The zero-order valence-electron chi connectivity index (χ0n) is 10.0. The molecule has 1 aromatic rings. The van der Waals surface area contributed by atoms with E-state index in [4.69, 9.17) is 39.2 Å². The van der Waals surface area contributed by atoms with Crippen molar-refractivity contribution >= 4 is 40.7 Å². The number of alkyl halides is 3. The largest absolute Gasteiger partial charge is 0.468 e. The van der Waals surface area contributed by atoms with Gasteiger partial charge in [-0.05, 0) is 12.1 Å². The maximum absolute atomic E-state index is 11.6. The minimum Gasteiger partial charge on any atom is -0.468 e. The Bertz CT molecular complexity index is 374. The Kier molecular flexibility index (Phi) is 5.79. The van der Waals surface area contributed by atoms with Gasteiger partial charge in [0.1, 0.15) is 11.9 Å². The smallest absolute Gasteiger partial charge is 0.223 e. The molecular formula is C11H15Cl3N2O2. The minimum atomic E-state index is -1.64. The Morgan fingerprint density at radius 1 is 1.44 bits per heavy atom. The lowest BCUT2D eigenvalue weighted by Gasteiger charge is -2.27. The van der Waals surface area contributed by atoms with Crippen LogP contribution in [0.1, 0.15) is 19.6 Å². The van der Waals surface area contributed by atoms with Gasteiger partial charge in [0.05, 0.1) is 12.8 Å². The molecule has 1 atom stereocenters. The molecule has 0 fully saturated rings. The lowest BCUT2D eigenvalue weighted by atomic mass is 10.2. The summed E-state index contributed by atoms with van der Waals surface area (Å²) in [5.74, 6) is 0.302. The Morgan fingerprint density at radius 2 is 2.11 bits per heavy atom. The van der Waals surface area contributed by atoms with Gasteiger partial charge in [0.2, 0.25) is 9.70 Å². The highest BCUT2D eigenvalue weighted by molar-refractivity contribution is 6.68. The monoisotopic (exact) mass is 312 g/mol. The van der Waals surface area contributed by atoms with E-state index in [1.165, 1.54) is 0 Å². The lowest BCUT2D eigenvalue weighted by molar-refractivity contribution is -0.124. The van der Waals surface area contributed by atoms with Crippen LogP contribution in [0.4, 0.5) is 0 Å². The summed E-state index contributed by atoms with van der Waals surface area (Å²) in [6, 6.07) is 3.54. The minimum absolute atomic E-state index is 0.190. The molecule has 0 spiro atoms. The molecule has 0 saturated heterocycles. The van der Waals surface area contributed by atoms with Gasteiger partial charge in [-0.1, -0.05) is 48.7 Å². The summed E-state index contributed by atoms with van der Waals surface area (Å²) >= 11 is 17.4. The predicted octanol–water partition coefficient (Wildman–Crippen LogP) is 2.84. The van der Waals surface area contributed by atoms with Crippen LogP contribution in [0, 0.1) is 5.92 Å². The molecule has 0 unspecified atom stereocenters. The molecule has 0 bridgehead atoms. The van der Waals surface area contributed by atoms with Crippen molar-refractivity contribution in [1.82, 2.24) is 10.6 Å². The first kappa shape index (κ1) is 15.6. The highest BCUT2D eigenvalue weighted by atomic mass is 35.6. The first-order chi connectivity index (χ1) is 8.30. The Morgan fingerprint density at radius 3 is 2.56 bits per heavy atom. The fourth-order valence-electron chi connectivity index (χ4n) is 1.17. The topological polar surface area (TPSA) is 54.3 Å². The number of nitrogens with one attached hydrogen (secondary N) is 2. The normalized spacial score (nSPS) is 13.7. The van der Waals surface area contributed by atoms with Crippen LogP contribution in [0.5, 0.6) is 0 Å². The standard InChI is InChI=1S/C11H15Cl3N2O2/c1-7(2)9(17)16-10(11(12,13)14)15-6-8-4-3-5-18-8/h3-5,7,10,15H,6H2,1-2H3,(H,16,17)/t10-/m1/s1. The first-order valence-corrected chi connectivity index (χ1v) is 6.57. The molecule has 1 heterocycles. The molecule has 18 heavy (non-hydrogen) atoms. The zero-order valence-corrected chi connectivity index (χ0v) is 12.3. The van der Waals surface area contributed by atoms with E-state index >= 15 is 0 Å². The summed E-state index contributed by atoms with van der Waals surface area (Å²) in [6.45, 7) is 3.87. The van der Waals surface area contributed by atoms with Crippen molar-refractivity contribution in [1.29, 1.82) is 0 Å². The van der Waals surface area contributed by atoms with Gasteiger partial charge in [0.25, 0.3) is 0 Å². The van der Waals surface area contributed by atoms with E-state index in [1.807, 2.05) is 0 Å². The zero-order chi connectivity index (χ0) is 13.8. The number of carbonyl (C=O) groups excluding carboxylic acids is 1.